The van der Waals surface area contributed by atoms with Crippen LogP contribution >= 0.6 is 0 Å². The second kappa shape index (κ2) is 7.36. The molecule has 0 fully saturated rings. The van der Waals surface area contributed by atoms with E-state index in [1.165, 1.54) is 0 Å². The number of nitrogens with one attached hydrogen (secondary N) is 1. The first-order valence-corrected chi connectivity index (χ1v) is 6.68. The number of nitrogens with zero attached hydrogens (tertiary/aromatic N) is 1. The fourth-order valence-electron chi connectivity index (χ4n) is 2.10. The van der Waals surface area contributed by atoms with Gasteiger partial charge in [0.2, 0.25) is 5.91 Å². The number of likely N-dealkylation sites (N-methyl/N-ethyl adjacent to an activating group) is 1. The van der Waals surface area contributed by atoms with Gasteiger partial charge in [-0.2, -0.15) is 0 Å². The van der Waals surface area contributed by atoms with Crippen LogP contribution < -0.4 is 5.32 Å². The molecule has 18 heavy (non-hydrogen) atoms. The van der Waals surface area contributed by atoms with Gasteiger partial charge >= 0.3 is 5.97 Å². The maximum atomic E-state index is 12.1. The number of rotatable bonds is 8. The number of carboxylic acid groups (broad SMARTS) is 1. The quantitative estimate of drug-likeness (QED) is 0.692. The van der Waals surface area contributed by atoms with Crippen molar-refractivity contribution in [3.8, 4) is 0 Å². The summed E-state index contributed by atoms with van der Waals surface area (Å²) in [7, 11) is 0. The summed E-state index contributed by atoms with van der Waals surface area (Å²) in [5.41, 5.74) is -1.01. The molecule has 0 aliphatic heterocycles. The molecular weight excluding hydrogens is 232 g/mol. The lowest BCUT2D eigenvalue weighted by Crippen LogP contribution is -2.58. The Morgan fingerprint density at radius 3 is 1.89 bits per heavy atom. The van der Waals surface area contributed by atoms with Crippen molar-refractivity contribution in [1.29, 1.82) is 0 Å². The van der Waals surface area contributed by atoms with Gasteiger partial charge in [0, 0.05) is 13.1 Å². The van der Waals surface area contributed by atoms with Crippen LogP contribution in [0.3, 0.4) is 0 Å². The Morgan fingerprint density at radius 1 is 1.17 bits per heavy atom. The van der Waals surface area contributed by atoms with E-state index in [4.69, 9.17) is 0 Å². The van der Waals surface area contributed by atoms with Crippen molar-refractivity contribution < 1.29 is 14.7 Å². The molecule has 0 radical (unpaired) electrons. The standard InChI is InChI=1S/C13H26N2O3/c1-6-13(7-2,12(17)18)14-10(5)11(16)15(8-3)9-4/h10,14H,6-9H2,1-5H3,(H,17,18). The Labute approximate surface area is 110 Å². The SMILES string of the molecule is CCN(CC)C(=O)C(C)NC(CC)(CC)C(=O)O. The molecule has 0 rings (SSSR count). The number of carbonyl (C=O) groups excluding carboxylic acids is 1. The molecule has 0 aromatic heterocycles. The molecule has 1 atom stereocenters. The fourth-order valence-corrected chi connectivity index (χ4v) is 2.10. The molecule has 0 heterocycles. The van der Waals surface area contributed by atoms with E-state index in [9.17, 15) is 14.7 Å². The van der Waals surface area contributed by atoms with Gasteiger partial charge < -0.3 is 10.0 Å². The van der Waals surface area contributed by atoms with Gasteiger partial charge in [0.15, 0.2) is 0 Å². The minimum absolute atomic E-state index is 0.0486. The molecule has 0 aromatic rings. The third kappa shape index (κ3) is 3.70. The normalized spacial score (nSPS) is 13.2. The average molecular weight is 258 g/mol. The smallest absolute Gasteiger partial charge is 0.323 e. The Kier molecular flexibility index (Phi) is 6.91. The van der Waals surface area contributed by atoms with Gasteiger partial charge in [-0.05, 0) is 33.6 Å². The molecule has 5 heteroatoms. The Hall–Kier alpha value is -1.10. The zero-order valence-electron chi connectivity index (χ0n) is 12.1. The molecule has 0 aromatic carbocycles. The molecule has 0 aliphatic rings. The van der Waals surface area contributed by atoms with Crippen LogP contribution in [0.15, 0.2) is 0 Å². The van der Waals surface area contributed by atoms with Crippen LogP contribution in [0.1, 0.15) is 47.5 Å². The monoisotopic (exact) mass is 258 g/mol. The molecule has 1 amide bonds. The highest BCUT2D eigenvalue weighted by atomic mass is 16.4. The van der Waals surface area contributed by atoms with Gasteiger partial charge in [-0.1, -0.05) is 13.8 Å². The van der Waals surface area contributed by atoms with E-state index < -0.39 is 17.6 Å². The lowest BCUT2D eigenvalue weighted by molar-refractivity contribution is -0.146. The molecule has 0 spiro atoms. The van der Waals surface area contributed by atoms with Crippen LogP contribution in [0, 0.1) is 0 Å². The Morgan fingerprint density at radius 2 is 1.61 bits per heavy atom. The van der Waals surface area contributed by atoms with Gasteiger partial charge in [-0.3, -0.25) is 14.9 Å². The maximum Gasteiger partial charge on any atom is 0.323 e. The first-order valence-electron chi connectivity index (χ1n) is 6.68. The van der Waals surface area contributed by atoms with Crippen LogP contribution in [-0.2, 0) is 9.59 Å². The van der Waals surface area contributed by atoms with Crippen molar-refractivity contribution >= 4 is 11.9 Å². The lowest BCUT2D eigenvalue weighted by Gasteiger charge is -2.33. The summed E-state index contributed by atoms with van der Waals surface area (Å²) in [5.74, 6) is -0.945. The van der Waals surface area contributed by atoms with Crippen molar-refractivity contribution in [3.63, 3.8) is 0 Å². The summed E-state index contributed by atoms with van der Waals surface area (Å²) in [5, 5.41) is 12.3. The molecule has 5 nitrogen and oxygen atoms in total. The summed E-state index contributed by atoms with van der Waals surface area (Å²) >= 11 is 0. The summed E-state index contributed by atoms with van der Waals surface area (Å²) in [6.07, 6.45) is 0.906. The van der Waals surface area contributed by atoms with E-state index in [-0.39, 0.29) is 5.91 Å². The Balaban J connectivity index is 4.85. The highest BCUT2D eigenvalue weighted by Gasteiger charge is 2.37. The van der Waals surface area contributed by atoms with Crippen LogP contribution in [0.2, 0.25) is 0 Å². The van der Waals surface area contributed by atoms with Gasteiger partial charge in [0.25, 0.3) is 0 Å². The summed E-state index contributed by atoms with van der Waals surface area (Å²) in [6.45, 7) is 10.5. The molecule has 0 aliphatic carbocycles. The van der Waals surface area contributed by atoms with Gasteiger partial charge in [0.05, 0.1) is 6.04 Å². The highest BCUT2D eigenvalue weighted by Crippen LogP contribution is 2.17. The minimum Gasteiger partial charge on any atom is -0.480 e. The van der Waals surface area contributed by atoms with Gasteiger partial charge in [-0.15, -0.1) is 0 Å². The van der Waals surface area contributed by atoms with Crippen molar-refractivity contribution in [3.05, 3.63) is 0 Å². The molecule has 0 bridgehead atoms. The number of carboxylic acids is 1. The van der Waals surface area contributed by atoms with Crippen molar-refractivity contribution in [2.45, 2.75) is 59.0 Å². The molecular formula is C13H26N2O3. The first-order chi connectivity index (χ1) is 8.38. The number of aliphatic carboxylic acids is 1. The zero-order valence-corrected chi connectivity index (χ0v) is 12.1. The maximum absolute atomic E-state index is 12.1. The fraction of sp³-hybridized carbons (Fsp3) is 0.846. The summed E-state index contributed by atoms with van der Waals surface area (Å²) < 4.78 is 0. The molecule has 0 saturated heterocycles. The molecule has 1 unspecified atom stereocenters. The van der Waals surface area contributed by atoms with E-state index in [0.29, 0.717) is 25.9 Å². The van der Waals surface area contributed by atoms with E-state index in [1.54, 1.807) is 11.8 Å². The molecule has 0 saturated carbocycles. The van der Waals surface area contributed by atoms with Gasteiger partial charge in [-0.25, -0.2) is 0 Å². The zero-order chi connectivity index (χ0) is 14.3. The number of amides is 1. The lowest BCUT2D eigenvalue weighted by atomic mass is 9.92. The van der Waals surface area contributed by atoms with Crippen LogP contribution in [0.25, 0.3) is 0 Å². The molecule has 2 N–H and O–H groups in total. The van der Waals surface area contributed by atoms with E-state index >= 15 is 0 Å². The Bertz CT molecular complexity index is 284. The number of carbonyl (C=O) groups is 2. The average Bonchev–Trinajstić information content (AvgIpc) is 2.36. The van der Waals surface area contributed by atoms with Crippen molar-refractivity contribution in [2.75, 3.05) is 13.1 Å². The largest absolute Gasteiger partial charge is 0.480 e. The highest BCUT2D eigenvalue weighted by molar-refractivity contribution is 5.84. The van der Waals surface area contributed by atoms with Crippen molar-refractivity contribution in [2.24, 2.45) is 0 Å². The topological polar surface area (TPSA) is 69.6 Å². The second-order valence-corrected chi connectivity index (χ2v) is 4.47. The second-order valence-electron chi connectivity index (χ2n) is 4.47. The van der Waals surface area contributed by atoms with E-state index in [2.05, 4.69) is 5.32 Å². The van der Waals surface area contributed by atoms with E-state index in [0.717, 1.165) is 0 Å². The van der Waals surface area contributed by atoms with E-state index in [1.807, 2.05) is 27.7 Å². The predicted molar refractivity (Wildman–Crippen MR) is 71.5 cm³/mol. The van der Waals surface area contributed by atoms with Crippen LogP contribution in [0.4, 0.5) is 0 Å². The van der Waals surface area contributed by atoms with Gasteiger partial charge in [0.1, 0.15) is 5.54 Å². The third-order valence-electron chi connectivity index (χ3n) is 3.55. The summed E-state index contributed by atoms with van der Waals surface area (Å²) in [6, 6.07) is -0.485. The summed E-state index contributed by atoms with van der Waals surface area (Å²) in [4.78, 5) is 25.2. The van der Waals surface area contributed by atoms with Crippen LogP contribution in [0.5, 0.6) is 0 Å². The minimum atomic E-state index is -1.01. The first kappa shape index (κ1) is 16.9. The van der Waals surface area contributed by atoms with Crippen LogP contribution in [-0.4, -0.2) is 46.6 Å². The van der Waals surface area contributed by atoms with Crippen molar-refractivity contribution in [1.82, 2.24) is 10.2 Å². The number of hydrogen-bond donors (Lipinski definition) is 2. The molecule has 106 valence electrons. The third-order valence-corrected chi connectivity index (χ3v) is 3.55. The number of hydrogen-bond acceptors (Lipinski definition) is 3. The predicted octanol–water partition coefficient (Wildman–Crippen LogP) is 1.48.